The van der Waals surface area contributed by atoms with E-state index in [-0.39, 0.29) is 0 Å². The van der Waals surface area contributed by atoms with Gasteiger partial charge in [-0.2, -0.15) is 5.10 Å². The predicted molar refractivity (Wildman–Crippen MR) is 63.4 cm³/mol. The highest BCUT2D eigenvalue weighted by Crippen LogP contribution is 2.31. The quantitative estimate of drug-likeness (QED) is 0.889. The van der Waals surface area contributed by atoms with Crippen molar-refractivity contribution in [1.29, 1.82) is 0 Å². The van der Waals surface area contributed by atoms with Crippen LogP contribution in [0, 0.1) is 6.92 Å². The third-order valence-electron chi connectivity index (χ3n) is 3.21. The first-order valence-corrected chi connectivity index (χ1v) is 6.49. The molecule has 0 amide bonds. The normalized spacial score (nSPS) is 21.1. The van der Waals surface area contributed by atoms with E-state index in [0.29, 0.717) is 6.04 Å². The van der Waals surface area contributed by atoms with E-state index in [1.165, 1.54) is 22.8 Å². The Bertz CT molecular complexity index is 479. The van der Waals surface area contributed by atoms with Crippen molar-refractivity contribution in [2.75, 3.05) is 6.54 Å². The fraction of sp³-hybridized carbons (Fsp3) is 0.600. The summed E-state index contributed by atoms with van der Waals surface area (Å²) in [4.78, 5) is 7.93. The third kappa shape index (κ3) is 2.07. The molecule has 0 aliphatic carbocycles. The van der Waals surface area contributed by atoms with E-state index in [1.54, 1.807) is 6.33 Å². The maximum absolute atomic E-state index is 4.26. The number of hydrogen-bond acceptors (Lipinski definition) is 6. The van der Waals surface area contributed by atoms with E-state index >= 15 is 0 Å². The minimum Gasteiger partial charge on any atom is -0.288 e. The second kappa shape index (κ2) is 4.50. The van der Waals surface area contributed by atoms with Crippen LogP contribution in [0.2, 0.25) is 0 Å². The van der Waals surface area contributed by atoms with Crippen LogP contribution in [-0.2, 0) is 6.54 Å². The average Bonchev–Trinajstić information content (AvgIpc) is 3.02. The molecular weight excluding hydrogens is 236 g/mol. The maximum Gasteiger partial charge on any atom is 0.141 e. The highest BCUT2D eigenvalue weighted by atomic mass is 32.1. The molecule has 2 aromatic rings. The first-order chi connectivity index (χ1) is 8.34. The largest absolute Gasteiger partial charge is 0.288 e. The number of aromatic amines is 1. The lowest BCUT2D eigenvalue weighted by molar-refractivity contribution is 0.242. The van der Waals surface area contributed by atoms with Gasteiger partial charge in [0.25, 0.3) is 0 Å². The molecule has 0 bridgehead atoms. The van der Waals surface area contributed by atoms with Crippen molar-refractivity contribution in [2.24, 2.45) is 0 Å². The van der Waals surface area contributed by atoms with Gasteiger partial charge in [0, 0.05) is 6.54 Å². The van der Waals surface area contributed by atoms with Crippen LogP contribution in [0.25, 0.3) is 0 Å². The SMILES string of the molecule is Cc1nnsc1CN1CCC[C@H]1c1ncn[nH]1. The highest BCUT2D eigenvalue weighted by molar-refractivity contribution is 7.05. The van der Waals surface area contributed by atoms with Crippen molar-refractivity contribution in [3.8, 4) is 0 Å². The number of aromatic nitrogens is 5. The van der Waals surface area contributed by atoms with E-state index in [2.05, 4.69) is 29.7 Å². The summed E-state index contributed by atoms with van der Waals surface area (Å²) < 4.78 is 3.98. The summed E-state index contributed by atoms with van der Waals surface area (Å²) in [7, 11) is 0. The monoisotopic (exact) mass is 250 g/mol. The molecule has 3 heterocycles. The molecule has 1 fully saturated rings. The lowest BCUT2D eigenvalue weighted by Gasteiger charge is -2.21. The molecule has 2 aromatic heterocycles. The summed E-state index contributed by atoms with van der Waals surface area (Å²) in [5.41, 5.74) is 1.04. The molecule has 0 unspecified atom stereocenters. The van der Waals surface area contributed by atoms with Crippen LogP contribution < -0.4 is 0 Å². The Balaban J connectivity index is 1.77. The summed E-state index contributed by atoms with van der Waals surface area (Å²) in [6, 6.07) is 0.360. The Hall–Kier alpha value is -1.34. The molecule has 0 aromatic carbocycles. The van der Waals surface area contributed by atoms with Crippen LogP contribution >= 0.6 is 11.5 Å². The number of hydrogen-bond donors (Lipinski definition) is 1. The minimum atomic E-state index is 0.360. The number of nitrogens with zero attached hydrogens (tertiary/aromatic N) is 5. The Morgan fingerprint density at radius 3 is 3.24 bits per heavy atom. The standard InChI is InChI=1S/C10H14N6S/c1-7-9(17-15-13-7)5-16-4-2-3-8(16)10-11-6-12-14-10/h6,8H,2-5H2,1H3,(H,11,12,14)/t8-/m0/s1. The highest BCUT2D eigenvalue weighted by Gasteiger charge is 2.28. The van der Waals surface area contributed by atoms with Gasteiger partial charge in [-0.15, -0.1) is 5.10 Å². The molecule has 1 aliphatic heterocycles. The molecule has 0 saturated carbocycles. The number of rotatable bonds is 3. The van der Waals surface area contributed by atoms with Gasteiger partial charge in [0.05, 0.1) is 16.6 Å². The van der Waals surface area contributed by atoms with Crippen molar-refractivity contribution in [3.05, 3.63) is 22.7 Å². The van der Waals surface area contributed by atoms with Crippen LogP contribution in [0.15, 0.2) is 6.33 Å². The second-order valence-corrected chi connectivity index (χ2v) is 5.12. The van der Waals surface area contributed by atoms with E-state index < -0.39 is 0 Å². The Morgan fingerprint density at radius 2 is 2.53 bits per heavy atom. The van der Waals surface area contributed by atoms with Gasteiger partial charge >= 0.3 is 0 Å². The zero-order valence-corrected chi connectivity index (χ0v) is 10.4. The summed E-state index contributed by atoms with van der Waals surface area (Å²) in [5, 5.41) is 11.0. The molecule has 1 N–H and O–H groups in total. The van der Waals surface area contributed by atoms with Crippen molar-refractivity contribution >= 4 is 11.5 Å². The van der Waals surface area contributed by atoms with Crippen molar-refractivity contribution in [1.82, 2.24) is 29.7 Å². The minimum absolute atomic E-state index is 0.360. The van der Waals surface area contributed by atoms with Crippen LogP contribution in [0.5, 0.6) is 0 Å². The van der Waals surface area contributed by atoms with Gasteiger partial charge in [0.2, 0.25) is 0 Å². The number of H-pyrrole nitrogens is 1. The third-order valence-corrected chi connectivity index (χ3v) is 4.01. The fourth-order valence-electron chi connectivity index (χ4n) is 2.28. The smallest absolute Gasteiger partial charge is 0.141 e. The molecule has 17 heavy (non-hydrogen) atoms. The summed E-state index contributed by atoms with van der Waals surface area (Å²) in [6.07, 6.45) is 3.92. The molecule has 0 radical (unpaired) electrons. The summed E-state index contributed by atoms with van der Waals surface area (Å²) in [5.74, 6) is 0.970. The van der Waals surface area contributed by atoms with Crippen molar-refractivity contribution < 1.29 is 0 Å². The van der Waals surface area contributed by atoms with Gasteiger partial charge in [0.15, 0.2) is 0 Å². The Morgan fingerprint density at radius 1 is 1.59 bits per heavy atom. The molecule has 1 aliphatic rings. The van der Waals surface area contributed by atoms with Crippen LogP contribution in [0.3, 0.4) is 0 Å². The molecule has 0 spiro atoms. The van der Waals surface area contributed by atoms with Gasteiger partial charge in [-0.25, -0.2) is 4.98 Å². The van der Waals surface area contributed by atoms with E-state index in [9.17, 15) is 0 Å². The van der Waals surface area contributed by atoms with Gasteiger partial charge in [-0.1, -0.05) is 4.49 Å². The number of likely N-dealkylation sites (tertiary alicyclic amines) is 1. The lowest BCUT2D eigenvalue weighted by Crippen LogP contribution is -2.23. The first kappa shape index (κ1) is 10.8. The average molecular weight is 250 g/mol. The fourth-order valence-corrected chi connectivity index (χ4v) is 2.94. The van der Waals surface area contributed by atoms with Gasteiger partial charge < -0.3 is 0 Å². The van der Waals surface area contributed by atoms with Gasteiger partial charge in [0.1, 0.15) is 12.2 Å². The van der Waals surface area contributed by atoms with Crippen LogP contribution in [0.4, 0.5) is 0 Å². The zero-order chi connectivity index (χ0) is 11.7. The topological polar surface area (TPSA) is 70.6 Å². The molecule has 7 heteroatoms. The molecule has 1 saturated heterocycles. The summed E-state index contributed by atoms with van der Waals surface area (Å²) >= 11 is 1.49. The van der Waals surface area contributed by atoms with Gasteiger partial charge in [-0.05, 0) is 37.8 Å². The zero-order valence-electron chi connectivity index (χ0n) is 9.63. The van der Waals surface area contributed by atoms with Crippen LogP contribution in [-0.4, -0.2) is 36.2 Å². The predicted octanol–water partition coefficient (Wildman–Crippen LogP) is 1.30. The van der Waals surface area contributed by atoms with Crippen molar-refractivity contribution in [2.45, 2.75) is 32.4 Å². The van der Waals surface area contributed by atoms with Gasteiger partial charge in [-0.3, -0.25) is 10.00 Å². The number of nitrogens with one attached hydrogen (secondary N) is 1. The first-order valence-electron chi connectivity index (χ1n) is 5.72. The number of aryl methyl sites for hydroxylation is 1. The van der Waals surface area contributed by atoms with E-state index in [1.807, 2.05) is 6.92 Å². The van der Waals surface area contributed by atoms with E-state index in [4.69, 9.17) is 0 Å². The van der Waals surface area contributed by atoms with Crippen LogP contribution in [0.1, 0.15) is 35.3 Å². The Kier molecular flexibility index (Phi) is 2.86. The molecule has 6 nitrogen and oxygen atoms in total. The second-order valence-electron chi connectivity index (χ2n) is 4.28. The summed E-state index contributed by atoms with van der Waals surface area (Å²) in [6.45, 7) is 4.02. The molecule has 3 rings (SSSR count). The molecule has 1 atom stereocenters. The molecular formula is C10H14N6S. The Labute approximate surface area is 103 Å². The molecule has 90 valence electrons. The van der Waals surface area contributed by atoms with E-state index in [0.717, 1.165) is 31.0 Å². The van der Waals surface area contributed by atoms with Crippen molar-refractivity contribution in [3.63, 3.8) is 0 Å². The maximum atomic E-state index is 4.26. The lowest BCUT2D eigenvalue weighted by atomic mass is 10.2.